The third-order valence-electron chi connectivity index (χ3n) is 16.4. The molecule has 0 spiro atoms. The van der Waals surface area contributed by atoms with Crippen LogP contribution in [0.3, 0.4) is 0 Å². The fourth-order valence-corrected chi connectivity index (χ4v) is 14.2. The van der Waals surface area contributed by atoms with Crippen LogP contribution in [0.15, 0.2) is 178 Å². The number of halogens is 4. The van der Waals surface area contributed by atoms with Crippen molar-refractivity contribution in [2.75, 3.05) is 51.6 Å². The van der Waals surface area contributed by atoms with Gasteiger partial charge in [-0.15, -0.1) is 17.9 Å². The zero-order valence-corrected chi connectivity index (χ0v) is 51.8. The Balaban J connectivity index is 0.000000132. The van der Waals surface area contributed by atoms with Crippen LogP contribution in [0.25, 0.3) is 45.0 Å². The summed E-state index contributed by atoms with van der Waals surface area (Å²) in [6, 6.07) is 42.2. The van der Waals surface area contributed by atoms with Crippen molar-refractivity contribution < 1.29 is 9.36 Å². The minimum Gasteiger partial charge on any atom is -0.347 e. The maximum atomic E-state index is 13.2. The molecular formula is C65H65BrCl3N10O2S+. The van der Waals surface area contributed by atoms with E-state index in [1.807, 2.05) is 84.7 Å². The van der Waals surface area contributed by atoms with Crippen molar-refractivity contribution in [3.63, 3.8) is 0 Å². The molecule has 5 aromatic carbocycles. The molecule has 4 aromatic heterocycles. The number of rotatable bonds is 10. The number of carbonyl (C=O) groups is 1. The van der Waals surface area contributed by atoms with Crippen LogP contribution in [-0.2, 0) is 32.6 Å². The lowest BCUT2D eigenvalue weighted by atomic mass is 9.75. The molecule has 0 amide bonds. The largest absolute Gasteiger partial charge is 0.347 e. The van der Waals surface area contributed by atoms with Gasteiger partial charge in [-0.1, -0.05) is 125 Å². The summed E-state index contributed by atoms with van der Waals surface area (Å²) in [6.07, 6.45) is 8.53. The van der Waals surface area contributed by atoms with Gasteiger partial charge in [0, 0.05) is 96.7 Å². The van der Waals surface area contributed by atoms with E-state index in [2.05, 4.69) is 164 Å². The van der Waals surface area contributed by atoms with E-state index in [1.165, 1.54) is 55.9 Å². The Morgan fingerprint density at radius 2 is 1.49 bits per heavy atom. The standard InChI is InChI=1S/C28H29BrN3.C23H21ClN4OS.C14H15Cl2N3O/c1-6-32-20(15-17-25-27(32)21-18-19(29)14-16-23(21)30(25)4)10-9-13-26-28(2,3)22-11-7-8-12-24(22)31(26)5;1-4-14-27-20(17-10-12-18(24)13-11-17)15-30-23(27)25-21-16(2)26(3)28(22(21)29)19-8-6-5-7-9-19;15-11-2-1-10(3-12(11)16)13(20)14-4-17-7-18(5-14)9-19(6-14)8-17/h7-18H,6H2,1-5H3;4-13,15H,1,14H2,2-3H3;1-3H,4-9H2/q+1;;. The van der Waals surface area contributed by atoms with E-state index in [1.54, 1.807) is 22.9 Å². The Kier molecular flexibility index (Phi) is 16.2. The molecule has 4 bridgehead atoms. The highest BCUT2D eigenvalue weighted by atomic mass is 79.9. The molecule has 17 heteroatoms. The summed E-state index contributed by atoms with van der Waals surface area (Å²) < 4.78 is 11.3. The van der Waals surface area contributed by atoms with Gasteiger partial charge in [-0.25, -0.2) is 9.67 Å². The number of ketones is 1. The molecule has 82 heavy (non-hydrogen) atoms. The topological polar surface area (TPSA) is 83.1 Å². The lowest BCUT2D eigenvalue weighted by Gasteiger charge is -2.59. The van der Waals surface area contributed by atoms with Crippen LogP contribution in [-0.4, -0.2) is 85.7 Å². The second kappa shape index (κ2) is 23.2. The van der Waals surface area contributed by atoms with Crippen molar-refractivity contribution in [3.05, 3.63) is 220 Å². The Labute approximate surface area is 506 Å². The van der Waals surface area contributed by atoms with Crippen LogP contribution in [0.5, 0.6) is 0 Å². The van der Waals surface area contributed by atoms with Gasteiger partial charge >= 0.3 is 0 Å². The van der Waals surface area contributed by atoms with E-state index in [9.17, 15) is 9.59 Å². The van der Waals surface area contributed by atoms with Crippen LogP contribution in [0, 0.1) is 12.3 Å². The number of aromatic nitrogens is 5. The number of nitrogens with zero attached hydrogens (tertiary/aromatic N) is 10. The molecule has 5 aliphatic heterocycles. The predicted octanol–water partition coefficient (Wildman–Crippen LogP) is 13.8. The molecule has 4 saturated heterocycles. The first-order valence-corrected chi connectivity index (χ1v) is 30.2. The fourth-order valence-electron chi connectivity index (χ4n) is 12.5. The van der Waals surface area contributed by atoms with Gasteiger partial charge < -0.3 is 14.0 Å². The first-order chi connectivity index (χ1) is 39.4. The summed E-state index contributed by atoms with van der Waals surface area (Å²) in [5.74, 6) is 0.190. The van der Waals surface area contributed by atoms with Gasteiger partial charge in [-0.05, 0) is 104 Å². The number of benzene rings is 5. The molecule has 420 valence electrons. The van der Waals surface area contributed by atoms with E-state index in [0.717, 1.165) is 78.1 Å². The summed E-state index contributed by atoms with van der Waals surface area (Å²) >= 11 is 23.2. The summed E-state index contributed by atoms with van der Waals surface area (Å²) in [7, 11) is 6.18. The van der Waals surface area contributed by atoms with Gasteiger partial charge in [-0.2, -0.15) is 4.57 Å². The molecule has 0 aliphatic carbocycles. The average molecular weight is 1240 g/mol. The van der Waals surface area contributed by atoms with E-state index in [0.29, 0.717) is 32.9 Å². The third kappa shape index (κ3) is 10.6. The second-order valence-electron chi connectivity index (χ2n) is 22.1. The van der Waals surface area contributed by atoms with E-state index < -0.39 is 0 Å². The van der Waals surface area contributed by atoms with Gasteiger partial charge in [0.25, 0.3) is 5.56 Å². The number of anilines is 1. The number of allylic oxidation sites excluding steroid dienone is 4. The highest BCUT2D eigenvalue weighted by molar-refractivity contribution is 9.10. The smallest absolute Gasteiger partial charge is 0.297 e. The number of aryl methyl sites for hydroxylation is 2. The molecule has 0 unspecified atom stereocenters. The summed E-state index contributed by atoms with van der Waals surface area (Å²) in [5, 5.41) is 4.95. The zero-order chi connectivity index (χ0) is 57.8. The fraction of sp³-hybridized carbons (Fsp3) is 0.262. The molecule has 9 heterocycles. The quantitative estimate of drug-likeness (QED) is 0.0771. The molecule has 9 aromatic rings. The number of fused-ring (bicyclic) bond motifs is 4. The average Bonchev–Trinajstić information content (AvgIpc) is 4.25. The van der Waals surface area contributed by atoms with Crippen LogP contribution < -0.4 is 19.8 Å². The lowest BCUT2D eigenvalue weighted by Crippen LogP contribution is -2.74. The number of carbonyl (C=O) groups excluding carboxylic acids is 1. The van der Waals surface area contributed by atoms with Crippen molar-refractivity contribution in [1.82, 2.24) is 33.2 Å². The molecule has 0 radical (unpaired) electrons. The van der Waals surface area contributed by atoms with Crippen LogP contribution in [0.1, 0.15) is 48.1 Å². The van der Waals surface area contributed by atoms with Crippen molar-refractivity contribution in [2.45, 2.75) is 46.2 Å². The highest BCUT2D eigenvalue weighted by Crippen LogP contribution is 2.47. The zero-order valence-electron chi connectivity index (χ0n) is 47.1. The summed E-state index contributed by atoms with van der Waals surface area (Å²) in [4.78, 5) is 41.0. The van der Waals surface area contributed by atoms with Crippen molar-refractivity contribution in [2.24, 2.45) is 24.5 Å². The Morgan fingerprint density at radius 3 is 2.15 bits per heavy atom. The van der Waals surface area contributed by atoms with Crippen molar-refractivity contribution in [3.8, 4) is 16.9 Å². The molecule has 5 aliphatic rings. The number of para-hydroxylation sites is 2. The number of likely N-dealkylation sites (N-methyl/N-ethyl adjacent to an activating group) is 1. The third-order valence-corrected chi connectivity index (χ3v) is 18.7. The highest BCUT2D eigenvalue weighted by Gasteiger charge is 2.53. The van der Waals surface area contributed by atoms with E-state index in [-0.39, 0.29) is 22.2 Å². The van der Waals surface area contributed by atoms with Crippen LogP contribution in [0.4, 0.5) is 11.4 Å². The number of Topliss-reactive ketones (excluding diaryl/α,β-unsaturated/α-hetero) is 1. The minimum absolute atomic E-state index is 0.0116. The maximum absolute atomic E-state index is 13.2. The maximum Gasteiger partial charge on any atom is 0.297 e. The van der Waals surface area contributed by atoms with Crippen molar-refractivity contribution in [1.29, 1.82) is 0 Å². The minimum atomic E-state index is -0.314. The van der Waals surface area contributed by atoms with Crippen LogP contribution >= 0.6 is 62.1 Å². The van der Waals surface area contributed by atoms with Crippen molar-refractivity contribution >= 4 is 107 Å². The number of hydrogen-bond acceptors (Lipinski definition) is 8. The Morgan fingerprint density at radius 1 is 0.817 bits per heavy atom. The second-order valence-corrected chi connectivity index (χ2v) is 25.1. The molecular weight excluding hydrogens is 1170 g/mol. The number of pyridine rings is 1. The van der Waals surface area contributed by atoms with E-state index in [4.69, 9.17) is 39.8 Å². The SMILES string of the molecule is C=CCn1c(-c2ccc(Cl)cc2)csc1=Nc1c(C)n(C)n(-c2ccccc2)c1=O.CC[n+]1c(/C=C/C=C2/N(C)c3ccccc3C2(C)C)ccc2c1c1cc(Br)ccc1n2C.O=C(c1ccc(Cl)c(Cl)c1)C12CN3CN(CN(C3)C1)C2. The van der Waals surface area contributed by atoms with Gasteiger partial charge in [0.2, 0.25) is 11.2 Å². The van der Waals surface area contributed by atoms with Crippen LogP contribution in [0.2, 0.25) is 15.1 Å². The first-order valence-electron chi connectivity index (χ1n) is 27.3. The molecule has 0 saturated carbocycles. The normalized spacial score (nSPS) is 20.1. The number of hydrogen-bond donors (Lipinski definition) is 0. The van der Waals surface area contributed by atoms with Gasteiger partial charge in [0.15, 0.2) is 16.3 Å². The Bertz CT molecular complexity index is 4120. The monoisotopic (exact) mass is 1230 g/mol. The summed E-state index contributed by atoms with van der Waals surface area (Å²) in [5.41, 5.74) is 13.3. The van der Waals surface area contributed by atoms with E-state index >= 15 is 0 Å². The molecule has 0 N–H and O–H groups in total. The summed E-state index contributed by atoms with van der Waals surface area (Å²) in [6.45, 7) is 19.6. The molecule has 4 fully saturated rings. The molecule has 0 atom stereocenters. The Hall–Kier alpha value is -6.59. The molecule has 12 nitrogen and oxygen atoms in total. The first kappa shape index (κ1) is 57.2. The van der Waals surface area contributed by atoms with Gasteiger partial charge in [-0.3, -0.25) is 29.0 Å². The molecule has 14 rings (SSSR count). The predicted molar refractivity (Wildman–Crippen MR) is 341 cm³/mol. The number of thiazole rings is 1. The van der Waals surface area contributed by atoms with Gasteiger partial charge in [0.05, 0.1) is 63.4 Å². The lowest BCUT2D eigenvalue weighted by molar-refractivity contribution is -0.668. The van der Waals surface area contributed by atoms with Gasteiger partial charge in [0.1, 0.15) is 12.1 Å².